The van der Waals surface area contributed by atoms with E-state index in [1.807, 2.05) is 25.1 Å². The topological polar surface area (TPSA) is 117 Å². The number of carboxylic acid groups (broad SMARTS) is 1. The third kappa shape index (κ3) is 6.28. The number of anilines is 3. The molecule has 2 amide bonds. The molecule has 2 aromatic rings. The summed E-state index contributed by atoms with van der Waals surface area (Å²) in [5, 5.41) is 18.9. The minimum atomic E-state index is -0.831. The Morgan fingerprint density at radius 2 is 1.94 bits per heavy atom. The van der Waals surface area contributed by atoms with E-state index in [-0.39, 0.29) is 12.3 Å². The lowest BCUT2D eigenvalue weighted by atomic mass is 9.92. The predicted molar refractivity (Wildman–Crippen MR) is 130 cm³/mol. The highest BCUT2D eigenvalue weighted by molar-refractivity contribution is 6.01. The lowest BCUT2D eigenvalue weighted by Gasteiger charge is -2.37. The normalized spacial score (nSPS) is 17.2. The van der Waals surface area contributed by atoms with Crippen molar-refractivity contribution >= 4 is 29.2 Å². The number of rotatable bonds is 10. The fourth-order valence-electron chi connectivity index (χ4n) is 4.58. The minimum absolute atomic E-state index is 0.0471. The van der Waals surface area contributed by atoms with Gasteiger partial charge in [-0.2, -0.15) is 0 Å². The number of aliphatic carboxylic acids is 1. The van der Waals surface area contributed by atoms with Crippen LogP contribution in [0.3, 0.4) is 0 Å². The second-order valence-electron chi connectivity index (χ2n) is 9.32. The van der Waals surface area contributed by atoms with Crippen LogP contribution in [0.15, 0.2) is 28.8 Å². The van der Waals surface area contributed by atoms with Gasteiger partial charge in [0.2, 0.25) is 0 Å². The molecule has 3 N–H and O–H groups in total. The first-order chi connectivity index (χ1) is 16.4. The van der Waals surface area contributed by atoms with E-state index in [1.165, 1.54) is 12.8 Å². The van der Waals surface area contributed by atoms with Crippen LogP contribution in [0.1, 0.15) is 62.7 Å². The van der Waals surface area contributed by atoms with Crippen molar-refractivity contribution in [2.75, 3.05) is 35.3 Å². The zero-order chi connectivity index (χ0) is 24.1. The quantitative estimate of drug-likeness (QED) is 0.448. The lowest BCUT2D eigenvalue weighted by Crippen LogP contribution is -2.41. The highest BCUT2D eigenvalue weighted by Crippen LogP contribution is 2.38. The van der Waals surface area contributed by atoms with Crippen LogP contribution >= 0.6 is 0 Å². The Kier molecular flexibility index (Phi) is 7.72. The molecule has 1 aliphatic heterocycles. The number of nitrogens with one attached hydrogen (secondary N) is 2. The van der Waals surface area contributed by atoms with E-state index < -0.39 is 12.0 Å². The molecule has 184 valence electrons. The monoisotopic (exact) mass is 470 g/mol. The molecular formula is C25H34N4O5. The second kappa shape index (κ2) is 10.9. The van der Waals surface area contributed by atoms with Crippen molar-refractivity contribution < 1.29 is 24.0 Å². The Balaban J connectivity index is 1.64. The second-order valence-corrected chi connectivity index (χ2v) is 9.32. The molecule has 0 radical (unpaired) electrons. The van der Waals surface area contributed by atoms with Gasteiger partial charge in [-0.05, 0) is 68.6 Å². The molecular weight excluding hydrogens is 436 g/mol. The molecule has 2 aliphatic rings. The summed E-state index contributed by atoms with van der Waals surface area (Å²) in [4.78, 5) is 26.7. The number of hydrogen-bond acceptors (Lipinski definition) is 6. The summed E-state index contributed by atoms with van der Waals surface area (Å²) in [5.41, 5.74) is 2.53. The van der Waals surface area contributed by atoms with Gasteiger partial charge in [0.1, 0.15) is 5.76 Å². The number of hydrogen-bond donors (Lipinski definition) is 3. The van der Waals surface area contributed by atoms with Crippen molar-refractivity contribution in [3.05, 3.63) is 35.6 Å². The Bertz CT molecular complexity index is 997. The maximum absolute atomic E-state index is 12.9. The molecule has 1 aliphatic carbocycles. The molecule has 1 saturated carbocycles. The molecule has 4 rings (SSSR count). The lowest BCUT2D eigenvalue weighted by molar-refractivity contribution is -0.137. The van der Waals surface area contributed by atoms with Gasteiger partial charge in [-0.15, -0.1) is 0 Å². The number of ether oxygens (including phenoxy) is 1. The number of urea groups is 1. The molecule has 1 unspecified atom stereocenters. The third-order valence-corrected chi connectivity index (χ3v) is 6.62. The summed E-state index contributed by atoms with van der Waals surface area (Å²) in [5.74, 6) is 0.644. The molecule has 1 saturated heterocycles. The van der Waals surface area contributed by atoms with E-state index in [0.717, 1.165) is 43.9 Å². The smallest absolute Gasteiger partial charge is 0.325 e. The zero-order valence-electron chi connectivity index (χ0n) is 19.9. The molecule has 2 heterocycles. The van der Waals surface area contributed by atoms with Gasteiger partial charge in [-0.25, -0.2) is 4.79 Å². The van der Waals surface area contributed by atoms with E-state index in [1.54, 1.807) is 13.0 Å². The molecule has 0 bridgehead atoms. The van der Waals surface area contributed by atoms with Gasteiger partial charge in [0.15, 0.2) is 5.82 Å². The van der Waals surface area contributed by atoms with E-state index in [0.29, 0.717) is 35.6 Å². The standard InChI is InChI=1S/C25H34N4O5/c1-3-18(14-24(30)31)19-6-7-22(29(15-17-4-5-17)20-8-10-33-11-9-20)21(13-19)26-25(32)27-23-12-16(2)34-28-23/h6-7,12-13,17-18,20H,3-5,8-11,14-15H2,1-2H3,(H,30,31)(H2,26,27,28,32). The van der Waals surface area contributed by atoms with Gasteiger partial charge in [-0.1, -0.05) is 18.1 Å². The average molecular weight is 471 g/mol. The molecule has 34 heavy (non-hydrogen) atoms. The van der Waals surface area contributed by atoms with Crippen LogP contribution in [0, 0.1) is 12.8 Å². The van der Waals surface area contributed by atoms with Crippen LogP contribution in [-0.4, -0.2) is 48.1 Å². The van der Waals surface area contributed by atoms with E-state index in [9.17, 15) is 14.7 Å². The van der Waals surface area contributed by atoms with Crippen LogP contribution in [0.25, 0.3) is 0 Å². The van der Waals surface area contributed by atoms with Crippen molar-refractivity contribution in [1.82, 2.24) is 5.16 Å². The van der Waals surface area contributed by atoms with Gasteiger partial charge in [0.05, 0.1) is 17.8 Å². The molecule has 1 aromatic heterocycles. The number of carboxylic acids is 1. The predicted octanol–water partition coefficient (Wildman–Crippen LogP) is 4.99. The van der Waals surface area contributed by atoms with E-state index >= 15 is 0 Å². The third-order valence-electron chi connectivity index (χ3n) is 6.62. The summed E-state index contributed by atoms with van der Waals surface area (Å²) in [6, 6.07) is 7.54. The first-order valence-corrected chi connectivity index (χ1v) is 12.1. The summed E-state index contributed by atoms with van der Waals surface area (Å²) in [7, 11) is 0. The number of aryl methyl sites for hydroxylation is 1. The molecule has 1 aromatic carbocycles. The van der Waals surface area contributed by atoms with Crippen LogP contribution in [-0.2, 0) is 9.53 Å². The number of aromatic nitrogens is 1. The number of carbonyl (C=O) groups is 2. The average Bonchev–Trinajstić information content (AvgIpc) is 3.56. The van der Waals surface area contributed by atoms with Crippen LogP contribution < -0.4 is 15.5 Å². The van der Waals surface area contributed by atoms with Gasteiger partial charge >= 0.3 is 12.0 Å². The summed E-state index contributed by atoms with van der Waals surface area (Å²) < 4.78 is 10.6. The van der Waals surface area contributed by atoms with Crippen LogP contribution in [0.2, 0.25) is 0 Å². The zero-order valence-corrected chi connectivity index (χ0v) is 19.9. The Morgan fingerprint density at radius 1 is 1.18 bits per heavy atom. The highest BCUT2D eigenvalue weighted by atomic mass is 16.5. The number of carbonyl (C=O) groups excluding carboxylic acids is 1. The summed E-state index contributed by atoms with van der Waals surface area (Å²) >= 11 is 0. The number of nitrogens with zero attached hydrogens (tertiary/aromatic N) is 2. The largest absolute Gasteiger partial charge is 0.481 e. The Labute approximate surface area is 199 Å². The first-order valence-electron chi connectivity index (χ1n) is 12.1. The molecule has 1 atom stereocenters. The molecule has 2 fully saturated rings. The maximum Gasteiger partial charge on any atom is 0.325 e. The fraction of sp³-hybridized carbons (Fsp3) is 0.560. The van der Waals surface area contributed by atoms with Crippen molar-refractivity contribution in [1.29, 1.82) is 0 Å². The minimum Gasteiger partial charge on any atom is -0.481 e. The molecule has 0 spiro atoms. The van der Waals surface area contributed by atoms with Gasteiger partial charge < -0.3 is 24.6 Å². The van der Waals surface area contributed by atoms with Crippen molar-refractivity contribution in [3.63, 3.8) is 0 Å². The SMILES string of the molecule is CCC(CC(=O)O)c1ccc(N(CC2CC2)C2CCOCC2)c(NC(=O)Nc2cc(C)on2)c1. The summed E-state index contributed by atoms with van der Waals surface area (Å²) in [6.45, 7) is 6.14. The van der Waals surface area contributed by atoms with Crippen molar-refractivity contribution in [3.8, 4) is 0 Å². The van der Waals surface area contributed by atoms with Gasteiger partial charge in [0, 0.05) is 31.9 Å². The van der Waals surface area contributed by atoms with Gasteiger partial charge in [-0.3, -0.25) is 10.1 Å². The first kappa shape index (κ1) is 24.1. The van der Waals surface area contributed by atoms with Crippen molar-refractivity contribution in [2.45, 2.75) is 64.3 Å². The van der Waals surface area contributed by atoms with Gasteiger partial charge in [0.25, 0.3) is 0 Å². The van der Waals surface area contributed by atoms with Crippen molar-refractivity contribution in [2.24, 2.45) is 5.92 Å². The maximum atomic E-state index is 12.9. The number of amides is 2. The number of benzene rings is 1. The molecule has 9 nitrogen and oxygen atoms in total. The molecule has 9 heteroatoms. The van der Waals surface area contributed by atoms with Crippen LogP contribution in [0.4, 0.5) is 22.0 Å². The Morgan fingerprint density at radius 3 is 2.56 bits per heavy atom. The van der Waals surface area contributed by atoms with E-state index in [4.69, 9.17) is 9.26 Å². The fourth-order valence-corrected chi connectivity index (χ4v) is 4.58. The Hall–Kier alpha value is -3.07. The van der Waals surface area contributed by atoms with E-state index in [2.05, 4.69) is 20.7 Å². The van der Waals surface area contributed by atoms with Crippen LogP contribution in [0.5, 0.6) is 0 Å². The highest BCUT2D eigenvalue weighted by Gasteiger charge is 2.31. The summed E-state index contributed by atoms with van der Waals surface area (Å²) in [6.07, 6.45) is 5.07.